The number of methoxy groups -OCH3 is 1. The van der Waals surface area contributed by atoms with Gasteiger partial charge in [-0.1, -0.05) is 6.92 Å². The van der Waals surface area contributed by atoms with Crippen molar-refractivity contribution in [2.24, 2.45) is 0 Å². The SMILES string of the molecule is CCc1csc(-c2cc(C(=O)OC)cc([N+](=O)[O-])c2)n1. The molecule has 7 heteroatoms. The molecule has 20 heavy (non-hydrogen) atoms. The second kappa shape index (κ2) is 5.79. The zero-order valence-corrected chi connectivity index (χ0v) is 11.8. The number of carbonyl (C=O) groups excluding carboxylic acids is 1. The molecule has 0 N–H and O–H groups in total. The Labute approximate surface area is 119 Å². The average Bonchev–Trinajstić information content (AvgIpc) is 2.94. The first-order chi connectivity index (χ1) is 9.55. The molecule has 2 rings (SSSR count). The Hall–Kier alpha value is -2.28. The smallest absolute Gasteiger partial charge is 0.338 e. The van der Waals surface area contributed by atoms with Crippen LogP contribution in [0, 0.1) is 10.1 Å². The summed E-state index contributed by atoms with van der Waals surface area (Å²) in [7, 11) is 1.24. The number of rotatable bonds is 4. The fraction of sp³-hybridized carbons (Fsp3) is 0.231. The number of benzene rings is 1. The maximum Gasteiger partial charge on any atom is 0.338 e. The van der Waals surface area contributed by atoms with Crippen LogP contribution in [0.15, 0.2) is 23.6 Å². The molecular formula is C13H12N2O4S. The van der Waals surface area contributed by atoms with Crippen LogP contribution in [-0.4, -0.2) is 23.0 Å². The molecule has 1 aromatic carbocycles. The topological polar surface area (TPSA) is 82.3 Å². The molecule has 0 amide bonds. The molecule has 0 fully saturated rings. The molecule has 0 radical (unpaired) electrons. The van der Waals surface area contributed by atoms with Crippen LogP contribution in [-0.2, 0) is 11.2 Å². The lowest BCUT2D eigenvalue weighted by Gasteiger charge is -2.02. The van der Waals surface area contributed by atoms with Crippen molar-refractivity contribution in [3.63, 3.8) is 0 Å². The van der Waals surface area contributed by atoms with Crippen molar-refractivity contribution < 1.29 is 14.5 Å². The standard InChI is InChI=1S/C13H12N2O4S/c1-3-10-7-20-12(14-10)8-4-9(13(16)19-2)6-11(5-8)15(17)18/h4-7H,3H2,1-2H3. The predicted molar refractivity (Wildman–Crippen MR) is 74.9 cm³/mol. The largest absolute Gasteiger partial charge is 0.465 e. The van der Waals surface area contributed by atoms with Crippen molar-refractivity contribution in [1.29, 1.82) is 0 Å². The van der Waals surface area contributed by atoms with Crippen molar-refractivity contribution in [2.75, 3.05) is 7.11 Å². The Balaban J connectivity index is 2.54. The molecule has 1 heterocycles. The van der Waals surface area contributed by atoms with Gasteiger partial charge in [0.2, 0.25) is 0 Å². The van der Waals surface area contributed by atoms with Crippen LogP contribution < -0.4 is 0 Å². The van der Waals surface area contributed by atoms with Crippen molar-refractivity contribution in [2.45, 2.75) is 13.3 Å². The molecule has 0 atom stereocenters. The first-order valence-corrected chi connectivity index (χ1v) is 6.75. The highest BCUT2D eigenvalue weighted by molar-refractivity contribution is 7.13. The third kappa shape index (κ3) is 2.83. The Kier molecular flexibility index (Phi) is 4.09. The molecule has 2 aromatic rings. The van der Waals surface area contributed by atoms with E-state index in [2.05, 4.69) is 9.72 Å². The number of ether oxygens (including phenoxy) is 1. The van der Waals surface area contributed by atoms with E-state index < -0.39 is 10.9 Å². The number of nitrogens with zero attached hydrogens (tertiary/aromatic N) is 2. The molecule has 0 bridgehead atoms. The Morgan fingerprint density at radius 3 is 2.75 bits per heavy atom. The van der Waals surface area contributed by atoms with Crippen molar-refractivity contribution in [3.05, 3.63) is 45.0 Å². The summed E-state index contributed by atoms with van der Waals surface area (Å²) in [5.74, 6) is -0.609. The minimum atomic E-state index is -0.609. The maximum absolute atomic E-state index is 11.6. The molecule has 104 valence electrons. The van der Waals surface area contributed by atoms with Crippen LogP contribution in [0.5, 0.6) is 0 Å². The monoisotopic (exact) mass is 292 g/mol. The highest BCUT2D eigenvalue weighted by Gasteiger charge is 2.17. The molecular weight excluding hydrogens is 280 g/mol. The molecule has 0 spiro atoms. The Morgan fingerprint density at radius 1 is 1.45 bits per heavy atom. The van der Waals surface area contributed by atoms with Gasteiger partial charge in [0, 0.05) is 23.1 Å². The molecule has 0 saturated carbocycles. The van der Waals surface area contributed by atoms with Gasteiger partial charge in [-0.25, -0.2) is 9.78 Å². The lowest BCUT2D eigenvalue weighted by molar-refractivity contribution is -0.384. The van der Waals surface area contributed by atoms with Crippen LogP contribution in [0.4, 0.5) is 5.69 Å². The minimum Gasteiger partial charge on any atom is -0.465 e. The first-order valence-electron chi connectivity index (χ1n) is 5.87. The zero-order valence-electron chi connectivity index (χ0n) is 11.0. The van der Waals surface area contributed by atoms with Gasteiger partial charge in [0.25, 0.3) is 5.69 Å². The van der Waals surface area contributed by atoms with Crippen molar-refractivity contribution in [3.8, 4) is 10.6 Å². The van der Waals surface area contributed by atoms with E-state index in [9.17, 15) is 14.9 Å². The zero-order chi connectivity index (χ0) is 14.7. The molecule has 0 aliphatic carbocycles. The summed E-state index contributed by atoms with van der Waals surface area (Å²) < 4.78 is 4.61. The molecule has 6 nitrogen and oxygen atoms in total. The number of esters is 1. The normalized spacial score (nSPS) is 10.3. The number of aryl methyl sites for hydroxylation is 1. The van der Waals surface area contributed by atoms with Crippen molar-refractivity contribution >= 4 is 23.0 Å². The molecule has 0 aliphatic rings. The minimum absolute atomic E-state index is 0.143. The van der Waals surface area contributed by atoms with Crippen molar-refractivity contribution in [1.82, 2.24) is 4.98 Å². The summed E-state index contributed by atoms with van der Waals surface area (Å²) in [6, 6.07) is 4.16. The van der Waals surface area contributed by atoms with Gasteiger partial charge in [0.05, 0.1) is 23.3 Å². The van der Waals surface area contributed by atoms with E-state index in [1.54, 1.807) is 6.07 Å². The Bertz CT molecular complexity index is 666. The van der Waals surface area contributed by atoms with Gasteiger partial charge in [0.15, 0.2) is 0 Å². The number of hydrogen-bond acceptors (Lipinski definition) is 6. The number of non-ortho nitro benzene ring substituents is 1. The summed E-state index contributed by atoms with van der Waals surface area (Å²) in [5, 5.41) is 13.5. The van der Waals surface area contributed by atoms with Crippen LogP contribution in [0.3, 0.4) is 0 Å². The lowest BCUT2D eigenvalue weighted by Crippen LogP contribution is -2.02. The van der Waals surface area contributed by atoms with Gasteiger partial charge in [-0.3, -0.25) is 10.1 Å². The predicted octanol–water partition coefficient (Wildman–Crippen LogP) is 3.07. The van der Waals surface area contributed by atoms with Crippen LogP contribution in [0.1, 0.15) is 23.0 Å². The highest BCUT2D eigenvalue weighted by Crippen LogP contribution is 2.29. The third-order valence-electron chi connectivity index (χ3n) is 2.71. The first kappa shape index (κ1) is 14.1. The van der Waals surface area contributed by atoms with E-state index in [1.807, 2.05) is 12.3 Å². The number of nitro benzene ring substituents is 1. The maximum atomic E-state index is 11.6. The quantitative estimate of drug-likeness (QED) is 0.491. The number of thiazole rings is 1. The molecule has 1 aromatic heterocycles. The second-order valence-corrected chi connectivity index (χ2v) is 4.87. The summed E-state index contributed by atoms with van der Waals surface area (Å²) >= 11 is 1.39. The molecule has 0 unspecified atom stereocenters. The third-order valence-corrected chi connectivity index (χ3v) is 3.65. The van der Waals surface area contributed by atoms with Gasteiger partial charge in [-0.2, -0.15) is 0 Å². The Morgan fingerprint density at radius 2 is 2.20 bits per heavy atom. The van der Waals surface area contributed by atoms with Gasteiger partial charge < -0.3 is 4.74 Å². The summed E-state index contributed by atoms with van der Waals surface area (Å²) in [6.45, 7) is 1.98. The second-order valence-electron chi connectivity index (χ2n) is 4.01. The van der Waals surface area contributed by atoms with Crippen LogP contribution in [0.25, 0.3) is 10.6 Å². The fourth-order valence-corrected chi connectivity index (χ4v) is 2.57. The van der Waals surface area contributed by atoms with E-state index in [1.165, 1.54) is 30.6 Å². The number of hydrogen-bond donors (Lipinski definition) is 0. The van der Waals surface area contributed by atoms with Gasteiger partial charge in [-0.05, 0) is 12.5 Å². The van der Waals surface area contributed by atoms with Crippen LogP contribution in [0.2, 0.25) is 0 Å². The van der Waals surface area contributed by atoms with E-state index >= 15 is 0 Å². The lowest BCUT2D eigenvalue weighted by atomic mass is 10.1. The van der Waals surface area contributed by atoms with E-state index in [0.717, 1.165) is 12.1 Å². The summed E-state index contributed by atoms with van der Waals surface area (Å²) in [5.41, 5.74) is 1.45. The van der Waals surface area contributed by atoms with Gasteiger partial charge in [0.1, 0.15) is 5.01 Å². The number of carbonyl (C=O) groups is 1. The summed E-state index contributed by atoms with van der Waals surface area (Å²) in [4.78, 5) is 26.3. The number of aromatic nitrogens is 1. The fourth-order valence-electron chi connectivity index (χ4n) is 1.68. The molecule has 0 aliphatic heterocycles. The average molecular weight is 292 g/mol. The highest BCUT2D eigenvalue weighted by atomic mass is 32.1. The van der Waals surface area contributed by atoms with Crippen LogP contribution >= 0.6 is 11.3 Å². The van der Waals surface area contributed by atoms with Gasteiger partial charge in [-0.15, -0.1) is 11.3 Å². The summed E-state index contributed by atoms with van der Waals surface area (Å²) in [6.07, 6.45) is 0.787. The van der Waals surface area contributed by atoms with E-state index in [-0.39, 0.29) is 11.3 Å². The van der Waals surface area contributed by atoms with E-state index in [4.69, 9.17) is 0 Å². The number of nitro groups is 1. The molecule has 0 saturated heterocycles. The van der Waals surface area contributed by atoms with Gasteiger partial charge >= 0.3 is 5.97 Å². The van der Waals surface area contributed by atoms with E-state index in [0.29, 0.717) is 10.6 Å².